The van der Waals surface area contributed by atoms with Crippen LogP contribution in [0.2, 0.25) is 0 Å². The Kier molecular flexibility index (Phi) is 5.46. The van der Waals surface area contributed by atoms with E-state index in [0.717, 1.165) is 11.3 Å². The zero-order chi connectivity index (χ0) is 16.8. The molecule has 2 aromatic rings. The summed E-state index contributed by atoms with van der Waals surface area (Å²) in [5, 5.41) is 0. The van der Waals surface area contributed by atoms with Crippen molar-refractivity contribution < 1.29 is 14.3 Å². The van der Waals surface area contributed by atoms with Gasteiger partial charge in [-0.15, -0.1) is 0 Å². The molecule has 0 spiro atoms. The van der Waals surface area contributed by atoms with E-state index in [9.17, 15) is 9.59 Å². The molecule has 5 nitrogen and oxygen atoms in total. The van der Waals surface area contributed by atoms with Gasteiger partial charge >= 0.3 is 5.97 Å². The van der Waals surface area contributed by atoms with E-state index in [1.165, 1.54) is 12.0 Å². The van der Waals surface area contributed by atoms with Crippen molar-refractivity contribution in [3.8, 4) is 0 Å². The number of carbonyl (C=O) groups is 2. The Hall–Kier alpha value is -2.69. The van der Waals surface area contributed by atoms with E-state index in [1.54, 1.807) is 6.07 Å². The minimum absolute atomic E-state index is 0.164. The van der Waals surface area contributed by atoms with Gasteiger partial charge in [0.2, 0.25) is 5.91 Å². The largest absolute Gasteiger partial charge is 0.468 e. The molecule has 23 heavy (non-hydrogen) atoms. The number of carbonyl (C=O) groups excluding carboxylic acids is 2. The van der Waals surface area contributed by atoms with Gasteiger partial charge in [-0.05, 0) is 31.5 Å². The van der Waals surface area contributed by atoms with E-state index >= 15 is 0 Å². The first-order chi connectivity index (χ1) is 11.0. The van der Waals surface area contributed by atoms with E-state index in [-0.39, 0.29) is 18.4 Å². The lowest BCUT2D eigenvalue weighted by atomic mass is 10.00. The molecule has 0 saturated heterocycles. The lowest BCUT2D eigenvalue weighted by molar-refractivity contribution is -0.140. The van der Waals surface area contributed by atoms with Crippen LogP contribution in [0.15, 0.2) is 48.5 Å². The molecule has 0 aliphatic rings. The SMILES string of the molecule is COC(=O)CN(C(=O)C(C)c1ccccc1)c1cccc(C)n1. The topological polar surface area (TPSA) is 59.5 Å². The maximum absolute atomic E-state index is 12.9. The van der Waals surface area contributed by atoms with Crippen molar-refractivity contribution >= 4 is 17.7 Å². The maximum Gasteiger partial charge on any atom is 0.325 e. The predicted octanol–water partition coefficient (Wildman–Crippen LogP) is 2.70. The van der Waals surface area contributed by atoms with Crippen molar-refractivity contribution in [3.05, 3.63) is 59.8 Å². The van der Waals surface area contributed by atoms with Crippen LogP contribution in [0.4, 0.5) is 5.82 Å². The lowest BCUT2D eigenvalue weighted by Gasteiger charge is -2.24. The number of anilines is 1. The molecule has 120 valence electrons. The number of ether oxygens (including phenoxy) is 1. The van der Waals surface area contributed by atoms with E-state index in [4.69, 9.17) is 4.74 Å². The molecule has 1 aromatic carbocycles. The normalized spacial score (nSPS) is 11.6. The van der Waals surface area contributed by atoms with Crippen molar-refractivity contribution in [1.82, 2.24) is 4.98 Å². The third-order valence-corrected chi connectivity index (χ3v) is 3.60. The summed E-state index contributed by atoms with van der Waals surface area (Å²) >= 11 is 0. The van der Waals surface area contributed by atoms with Crippen LogP contribution < -0.4 is 4.90 Å². The van der Waals surface area contributed by atoms with Crippen molar-refractivity contribution in [3.63, 3.8) is 0 Å². The van der Waals surface area contributed by atoms with Gasteiger partial charge in [-0.3, -0.25) is 14.5 Å². The van der Waals surface area contributed by atoms with Gasteiger partial charge in [0.05, 0.1) is 13.0 Å². The van der Waals surface area contributed by atoms with Gasteiger partial charge in [0.15, 0.2) is 0 Å². The second-order valence-electron chi connectivity index (χ2n) is 5.27. The second-order valence-corrected chi connectivity index (χ2v) is 5.27. The van der Waals surface area contributed by atoms with Gasteiger partial charge in [0, 0.05) is 5.69 Å². The molecule has 0 saturated carbocycles. The third-order valence-electron chi connectivity index (χ3n) is 3.60. The van der Waals surface area contributed by atoms with Gasteiger partial charge in [0.25, 0.3) is 0 Å². The lowest BCUT2D eigenvalue weighted by Crippen LogP contribution is -2.39. The van der Waals surface area contributed by atoms with E-state index in [2.05, 4.69) is 4.98 Å². The summed E-state index contributed by atoms with van der Waals surface area (Å²) < 4.78 is 4.71. The van der Waals surface area contributed by atoms with Crippen LogP contribution in [0.5, 0.6) is 0 Å². The van der Waals surface area contributed by atoms with Crippen LogP contribution in [-0.4, -0.2) is 30.5 Å². The van der Waals surface area contributed by atoms with Crippen LogP contribution in [-0.2, 0) is 14.3 Å². The highest BCUT2D eigenvalue weighted by molar-refractivity contribution is 6.00. The average molecular weight is 312 g/mol. The number of aromatic nitrogens is 1. The molecule has 1 amide bonds. The number of pyridine rings is 1. The fourth-order valence-corrected chi connectivity index (χ4v) is 2.26. The second kappa shape index (κ2) is 7.54. The molecular weight excluding hydrogens is 292 g/mol. The van der Waals surface area contributed by atoms with Crippen LogP contribution in [0, 0.1) is 6.92 Å². The van der Waals surface area contributed by atoms with Gasteiger partial charge < -0.3 is 4.74 Å². The van der Waals surface area contributed by atoms with Gasteiger partial charge in [-0.1, -0.05) is 36.4 Å². The number of esters is 1. The summed E-state index contributed by atoms with van der Waals surface area (Å²) in [4.78, 5) is 30.3. The Morgan fingerprint density at radius 3 is 2.43 bits per heavy atom. The fraction of sp³-hybridized carbons (Fsp3) is 0.278. The monoisotopic (exact) mass is 312 g/mol. The Balaban J connectivity index is 2.33. The molecule has 1 aromatic heterocycles. The van der Waals surface area contributed by atoms with Crippen molar-refractivity contribution in [2.24, 2.45) is 0 Å². The highest BCUT2D eigenvalue weighted by atomic mass is 16.5. The third kappa shape index (κ3) is 4.16. The van der Waals surface area contributed by atoms with Crippen LogP contribution in [0.1, 0.15) is 24.1 Å². The smallest absolute Gasteiger partial charge is 0.325 e. The van der Waals surface area contributed by atoms with E-state index in [1.807, 2.05) is 56.3 Å². The summed E-state index contributed by atoms with van der Waals surface area (Å²) in [6.45, 7) is 3.49. The van der Waals surface area contributed by atoms with Crippen molar-refractivity contribution in [1.29, 1.82) is 0 Å². The molecule has 0 radical (unpaired) electrons. The highest BCUT2D eigenvalue weighted by Gasteiger charge is 2.26. The first kappa shape index (κ1) is 16.7. The number of benzene rings is 1. The standard InChI is InChI=1S/C18H20N2O3/c1-13-8-7-11-16(19-13)20(12-17(21)23-3)18(22)14(2)15-9-5-4-6-10-15/h4-11,14H,12H2,1-3H3. The quantitative estimate of drug-likeness (QED) is 0.797. The van der Waals surface area contributed by atoms with Crippen molar-refractivity contribution in [2.45, 2.75) is 19.8 Å². The van der Waals surface area contributed by atoms with E-state index in [0.29, 0.717) is 5.82 Å². The summed E-state index contributed by atoms with van der Waals surface area (Å²) in [6.07, 6.45) is 0. The number of nitrogens with zero attached hydrogens (tertiary/aromatic N) is 2. The minimum atomic E-state index is -0.484. The van der Waals surface area contributed by atoms with E-state index < -0.39 is 5.97 Å². The Morgan fingerprint density at radius 1 is 1.13 bits per heavy atom. The van der Waals surface area contributed by atoms with Gasteiger partial charge in [0.1, 0.15) is 12.4 Å². The first-order valence-corrected chi connectivity index (χ1v) is 7.39. The van der Waals surface area contributed by atoms with Crippen LogP contribution in [0.25, 0.3) is 0 Å². The summed E-state index contributed by atoms with van der Waals surface area (Å²) in [7, 11) is 1.30. The number of hydrogen-bond acceptors (Lipinski definition) is 4. The predicted molar refractivity (Wildman–Crippen MR) is 88.2 cm³/mol. The van der Waals surface area contributed by atoms with Crippen LogP contribution in [0.3, 0.4) is 0 Å². The van der Waals surface area contributed by atoms with Gasteiger partial charge in [-0.2, -0.15) is 0 Å². The summed E-state index contributed by atoms with van der Waals surface area (Å²) in [6, 6.07) is 14.8. The molecule has 5 heteroatoms. The number of aryl methyl sites for hydroxylation is 1. The Morgan fingerprint density at radius 2 is 1.83 bits per heavy atom. The average Bonchev–Trinajstić information content (AvgIpc) is 2.59. The maximum atomic E-state index is 12.9. The van der Waals surface area contributed by atoms with Crippen LogP contribution >= 0.6 is 0 Å². The molecular formula is C18H20N2O3. The van der Waals surface area contributed by atoms with Crippen molar-refractivity contribution in [2.75, 3.05) is 18.6 Å². The molecule has 2 rings (SSSR count). The molecule has 0 aliphatic heterocycles. The zero-order valence-corrected chi connectivity index (χ0v) is 13.5. The molecule has 0 bridgehead atoms. The first-order valence-electron chi connectivity index (χ1n) is 7.39. The van der Waals surface area contributed by atoms with Gasteiger partial charge in [-0.25, -0.2) is 4.98 Å². The molecule has 0 fully saturated rings. The molecule has 1 heterocycles. The fourth-order valence-electron chi connectivity index (χ4n) is 2.26. The Bertz CT molecular complexity index is 686. The molecule has 1 unspecified atom stereocenters. The molecule has 1 atom stereocenters. The number of amides is 1. The zero-order valence-electron chi connectivity index (χ0n) is 13.5. The Labute approximate surface area is 135 Å². The molecule has 0 N–H and O–H groups in total. The number of hydrogen-bond donors (Lipinski definition) is 0. The highest BCUT2D eigenvalue weighted by Crippen LogP contribution is 2.21. The minimum Gasteiger partial charge on any atom is -0.468 e. The summed E-state index contributed by atoms with van der Waals surface area (Å²) in [5.74, 6) is -0.618. The molecule has 0 aliphatic carbocycles. The number of methoxy groups -OCH3 is 1. The summed E-state index contributed by atoms with van der Waals surface area (Å²) in [5.41, 5.74) is 1.66. The number of rotatable bonds is 5.